The maximum absolute atomic E-state index is 15.2. The van der Waals surface area contributed by atoms with E-state index >= 15 is 4.39 Å². The van der Waals surface area contributed by atoms with Gasteiger partial charge in [0.2, 0.25) is 5.95 Å². The largest absolute Gasteiger partial charge is 0.479 e. The number of aliphatic carboxylic acids is 1. The van der Waals surface area contributed by atoms with Crippen LogP contribution in [0.5, 0.6) is 0 Å². The van der Waals surface area contributed by atoms with Crippen molar-refractivity contribution in [1.82, 2.24) is 9.97 Å². The van der Waals surface area contributed by atoms with Crippen molar-refractivity contribution in [3.63, 3.8) is 0 Å². The third-order valence-corrected chi connectivity index (χ3v) is 6.02. The predicted octanol–water partition coefficient (Wildman–Crippen LogP) is 5.27. The van der Waals surface area contributed by atoms with Gasteiger partial charge in [-0.25, -0.2) is 19.2 Å². The van der Waals surface area contributed by atoms with Gasteiger partial charge in [0.15, 0.2) is 6.10 Å². The number of hydrogen-bond acceptors (Lipinski definition) is 6. The predicted molar refractivity (Wildman–Crippen MR) is 134 cm³/mol. The maximum atomic E-state index is 15.2. The summed E-state index contributed by atoms with van der Waals surface area (Å²) in [6, 6.07) is 4.56. The van der Waals surface area contributed by atoms with Crippen LogP contribution >= 0.6 is 0 Å². The first-order valence-electron chi connectivity index (χ1n) is 11.6. The highest BCUT2D eigenvalue weighted by atomic mass is 19.4. The van der Waals surface area contributed by atoms with Gasteiger partial charge in [-0.05, 0) is 42.3 Å². The Morgan fingerprint density at radius 1 is 1.24 bits per heavy atom. The zero-order valence-corrected chi connectivity index (χ0v) is 20.4. The lowest BCUT2D eigenvalue weighted by molar-refractivity contribution is -0.150. The molecule has 0 aliphatic carbocycles. The number of carboxylic acids is 1. The van der Waals surface area contributed by atoms with Crippen molar-refractivity contribution in [3.8, 4) is 11.1 Å². The molecule has 2 aliphatic rings. The quantitative estimate of drug-likeness (QED) is 0.406. The van der Waals surface area contributed by atoms with E-state index in [2.05, 4.69) is 21.5 Å². The lowest BCUT2D eigenvalue weighted by atomic mass is 10.0. The smallest absolute Gasteiger partial charge is 0.415 e. The van der Waals surface area contributed by atoms with Gasteiger partial charge in [-0.15, -0.1) is 0 Å². The summed E-state index contributed by atoms with van der Waals surface area (Å²) in [6.45, 7) is 5.53. The maximum Gasteiger partial charge on any atom is 0.415 e. The molecule has 1 fully saturated rings. The van der Waals surface area contributed by atoms with Crippen LogP contribution in [0.3, 0.4) is 0 Å². The molecular formula is C27H24F4N4O3. The van der Waals surface area contributed by atoms with Crippen LogP contribution < -0.4 is 4.90 Å². The zero-order valence-electron chi connectivity index (χ0n) is 20.4. The number of hydrogen-bond donors (Lipinski definition) is 1. The molecule has 1 aromatic carbocycles. The van der Waals surface area contributed by atoms with E-state index in [-0.39, 0.29) is 24.4 Å². The summed E-state index contributed by atoms with van der Waals surface area (Å²) in [4.78, 5) is 26.0. The minimum atomic E-state index is -4.55. The first kappa shape index (κ1) is 26.9. The van der Waals surface area contributed by atoms with Crippen molar-refractivity contribution in [2.75, 3.05) is 24.6 Å². The van der Waals surface area contributed by atoms with E-state index in [0.717, 1.165) is 6.08 Å². The fourth-order valence-corrected chi connectivity index (χ4v) is 3.87. The number of carbonyl (C=O) groups is 1. The van der Waals surface area contributed by atoms with Gasteiger partial charge in [0.25, 0.3) is 0 Å². The normalized spacial score (nSPS) is 18.5. The number of alkyl halides is 3. The highest BCUT2D eigenvalue weighted by molar-refractivity contribution is 6.03. The second kappa shape index (κ2) is 11.1. The first-order valence-corrected chi connectivity index (χ1v) is 11.6. The summed E-state index contributed by atoms with van der Waals surface area (Å²) in [5.74, 6) is -1.27. The van der Waals surface area contributed by atoms with E-state index in [1.54, 1.807) is 36.1 Å². The Kier molecular flexibility index (Phi) is 7.86. The van der Waals surface area contributed by atoms with Crippen molar-refractivity contribution in [2.24, 2.45) is 4.99 Å². The number of aromatic nitrogens is 2. The van der Waals surface area contributed by atoms with E-state index in [4.69, 9.17) is 9.84 Å². The third kappa shape index (κ3) is 6.23. The Balaban J connectivity index is 1.55. The van der Waals surface area contributed by atoms with E-state index in [9.17, 15) is 18.0 Å². The number of benzene rings is 1. The fraction of sp³-hybridized carbons (Fsp3) is 0.259. The second-order valence-electron chi connectivity index (χ2n) is 8.70. The molecule has 1 aromatic heterocycles. The molecule has 1 saturated heterocycles. The molecule has 38 heavy (non-hydrogen) atoms. The minimum Gasteiger partial charge on any atom is -0.479 e. The van der Waals surface area contributed by atoms with E-state index < -0.39 is 29.6 Å². The molecule has 1 N–H and O–H groups in total. The van der Waals surface area contributed by atoms with Crippen LogP contribution in [0.1, 0.15) is 18.9 Å². The van der Waals surface area contributed by atoms with Crippen LogP contribution in [0.2, 0.25) is 0 Å². The van der Waals surface area contributed by atoms with Gasteiger partial charge in [0.1, 0.15) is 5.82 Å². The minimum absolute atomic E-state index is 0.115. The molecule has 7 nitrogen and oxygen atoms in total. The van der Waals surface area contributed by atoms with Gasteiger partial charge in [0, 0.05) is 42.1 Å². The topological polar surface area (TPSA) is 87.9 Å². The Labute approximate surface area is 216 Å². The summed E-state index contributed by atoms with van der Waals surface area (Å²) in [7, 11) is 0. The van der Waals surface area contributed by atoms with Crippen LogP contribution in [0.25, 0.3) is 11.1 Å². The van der Waals surface area contributed by atoms with Crippen molar-refractivity contribution >= 4 is 17.6 Å². The average Bonchev–Trinajstić information content (AvgIpc) is 3.07. The van der Waals surface area contributed by atoms with Gasteiger partial charge in [-0.1, -0.05) is 24.8 Å². The SMILES string of the molecule is C=C(/C=C\C1=C(C)C=CCC(c2ccc(-c3cnc(N4CCOC(C(=O)O)C4)nc3)cc2F)=N1)C(F)(F)F. The Hall–Kier alpha value is -4.12. The number of rotatable bonds is 6. The van der Waals surface area contributed by atoms with Gasteiger partial charge in [-0.2, -0.15) is 13.2 Å². The molecule has 2 aromatic rings. The molecule has 0 amide bonds. The number of morpholine rings is 1. The molecule has 198 valence electrons. The summed E-state index contributed by atoms with van der Waals surface area (Å²) in [5, 5.41) is 9.17. The summed E-state index contributed by atoms with van der Waals surface area (Å²) in [5.41, 5.74) is 1.55. The molecular weight excluding hydrogens is 504 g/mol. The molecule has 0 saturated carbocycles. The standard InChI is InChI=1S/C27H24F4N4O3/c1-16-4-3-5-23(34-22(16)9-6-17(2)27(29,30)31)20-8-7-18(12-21(20)28)19-13-32-26(33-14-19)35-10-11-38-24(15-35)25(36)37/h3-4,6-9,12-14,24H,2,5,10-11,15H2,1H3,(H,36,37)/b9-6-. The van der Waals surface area contributed by atoms with Crippen LogP contribution in [0.4, 0.5) is 23.5 Å². The number of nitrogens with zero attached hydrogens (tertiary/aromatic N) is 4. The Bertz CT molecular complexity index is 1360. The van der Waals surface area contributed by atoms with E-state index in [1.807, 2.05) is 0 Å². The molecule has 3 heterocycles. The van der Waals surface area contributed by atoms with Crippen LogP contribution in [0.15, 0.2) is 83.3 Å². The molecule has 11 heteroatoms. The van der Waals surface area contributed by atoms with Gasteiger partial charge in [-0.3, -0.25) is 4.99 Å². The first-order chi connectivity index (χ1) is 18.0. The highest BCUT2D eigenvalue weighted by Crippen LogP contribution is 2.28. The van der Waals surface area contributed by atoms with Crippen LogP contribution in [0, 0.1) is 5.82 Å². The van der Waals surface area contributed by atoms with Gasteiger partial charge < -0.3 is 14.7 Å². The zero-order chi connectivity index (χ0) is 27.4. The molecule has 0 radical (unpaired) electrons. The Morgan fingerprint density at radius 3 is 2.63 bits per heavy atom. The van der Waals surface area contributed by atoms with Crippen molar-refractivity contribution in [1.29, 1.82) is 0 Å². The number of ether oxygens (including phenoxy) is 1. The van der Waals surface area contributed by atoms with E-state index in [1.165, 1.54) is 24.5 Å². The summed E-state index contributed by atoms with van der Waals surface area (Å²) in [6.07, 6.45) is 3.39. The Morgan fingerprint density at radius 2 is 1.97 bits per heavy atom. The molecule has 0 bridgehead atoms. The van der Waals surface area contributed by atoms with Crippen molar-refractivity contribution < 1.29 is 32.2 Å². The molecule has 1 atom stereocenters. The van der Waals surface area contributed by atoms with E-state index in [0.29, 0.717) is 41.3 Å². The third-order valence-electron chi connectivity index (χ3n) is 6.02. The number of anilines is 1. The molecule has 0 spiro atoms. The monoisotopic (exact) mass is 528 g/mol. The average molecular weight is 529 g/mol. The van der Waals surface area contributed by atoms with Crippen molar-refractivity contribution in [3.05, 3.63) is 89.7 Å². The van der Waals surface area contributed by atoms with Crippen LogP contribution in [-0.2, 0) is 9.53 Å². The highest BCUT2D eigenvalue weighted by Gasteiger charge is 2.30. The number of carboxylic acid groups (broad SMARTS) is 1. The number of halogens is 4. The molecule has 2 aliphatic heterocycles. The second-order valence-corrected chi connectivity index (χ2v) is 8.70. The van der Waals surface area contributed by atoms with Crippen molar-refractivity contribution in [2.45, 2.75) is 25.6 Å². The number of aliphatic imine (C=N–C) groups is 1. The van der Waals surface area contributed by atoms with Gasteiger partial charge >= 0.3 is 12.1 Å². The number of allylic oxidation sites excluding steroid dienone is 6. The summed E-state index contributed by atoms with van der Waals surface area (Å²) < 4.78 is 58.9. The molecule has 4 rings (SSSR count). The fourth-order valence-electron chi connectivity index (χ4n) is 3.87. The summed E-state index contributed by atoms with van der Waals surface area (Å²) >= 11 is 0. The lowest BCUT2D eigenvalue weighted by Gasteiger charge is -2.30. The van der Waals surface area contributed by atoms with Crippen LogP contribution in [-0.4, -0.2) is 58.7 Å². The van der Waals surface area contributed by atoms with Gasteiger partial charge in [0.05, 0.1) is 24.6 Å². The molecule has 1 unspecified atom stereocenters. The lowest BCUT2D eigenvalue weighted by Crippen LogP contribution is -2.46.